The molecule has 2 N–H and O–H groups in total. The van der Waals surface area contributed by atoms with Gasteiger partial charge in [0.2, 0.25) is 11.8 Å². The highest BCUT2D eigenvalue weighted by atomic mass is 32.2. The van der Waals surface area contributed by atoms with Crippen molar-refractivity contribution in [2.45, 2.75) is 19.1 Å². The Morgan fingerprint density at radius 2 is 1.78 bits per heavy atom. The SMILES string of the molecule is Cc1ccc(NC(=O)CS[C@H](C)C(=O)Nc2cnc3ccccc3c2)cc1. The van der Waals surface area contributed by atoms with Gasteiger partial charge in [0.15, 0.2) is 0 Å². The van der Waals surface area contributed by atoms with Gasteiger partial charge in [-0.25, -0.2) is 0 Å². The van der Waals surface area contributed by atoms with E-state index in [1.807, 2.05) is 61.5 Å². The van der Waals surface area contributed by atoms with E-state index in [0.717, 1.165) is 22.2 Å². The second kappa shape index (κ2) is 8.68. The maximum absolute atomic E-state index is 12.4. The molecule has 0 spiro atoms. The minimum absolute atomic E-state index is 0.129. The number of para-hydroxylation sites is 1. The molecule has 2 aromatic carbocycles. The summed E-state index contributed by atoms with van der Waals surface area (Å²) < 4.78 is 0. The number of pyridine rings is 1. The molecule has 1 atom stereocenters. The first-order chi connectivity index (χ1) is 13.0. The zero-order valence-electron chi connectivity index (χ0n) is 15.2. The molecule has 0 saturated heterocycles. The lowest BCUT2D eigenvalue weighted by Gasteiger charge is -2.12. The van der Waals surface area contributed by atoms with Gasteiger partial charge in [-0.1, -0.05) is 35.9 Å². The van der Waals surface area contributed by atoms with Crippen molar-refractivity contribution in [3.8, 4) is 0 Å². The van der Waals surface area contributed by atoms with Crippen molar-refractivity contribution in [1.82, 2.24) is 4.98 Å². The first-order valence-corrected chi connectivity index (χ1v) is 9.70. The van der Waals surface area contributed by atoms with Crippen molar-refractivity contribution in [1.29, 1.82) is 0 Å². The average molecular weight is 379 g/mol. The molecular weight excluding hydrogens is 358 g/mol. The lowest BCUT2D eigenvalue weighted by Crippen LogP contribution is -2.25. The van der Waals surface area contributed by atoms with Gasteiger partial charge in [-0.05, 0) is 38.1 Å². The van der Waals surface area contributed by atoms with E-state index < -0.39 is 0 Å². The molecule has 0 aliphatic rings. The fourth-order valence-electron chi connectivity index (χ4n) is 2.49. The zero-order valence-corrected chi connectivity index (χ0v) is 16.0. The molecular formula is C21H21N3O2S. The first kappa shape index (κ1) is 18.9. The quantitative estimate of drug-likeness (QED) is 0.672. The van der Waals surface area contributed by atoms with Crippen LogP contribution in [0.3, 0.4) is 0 Å². The number of hydrogen-bond acceptors (Lipinski definition) is 4. The molecule has 0 bridgehead atoms. The van der Waals surface area contributed by atoms with E-state index in [-0.39, 0.29) is 22.8 Å². The summed E-state index contributed by atoms with van der Waals surface area (Å²) in [6.07, 6.45) is 1.64. The Kier molecular flexibility index (Phi) is 6.08. The summed E-state index contributed by atoms with van der Waals surface area (Å²) in [6, 6.07) is 17.2. The average Bonchev–Trinajstić information content (AvgIpc) is 2.67. The van der Waals surface area contributed by atoms with Crippen LogP contribution in [0.15, 0.2) is 60.8 Å². The van der Waals surface area contributed by atoms with Gasteiger partial charge in [-0.3, -0.25) is 14.6 Å². The minimum atomic E-state index is -0.361. The third-order valence-corrected chi connectivity index (χ3v) is 5.17. The number of thioether (sulfide) groups is 1. The fraction of sp³-hybridized carbons (Fsp3) is 0.190. The molecule has 0 aliphatic carbocycles. The molecule has 0 fully saturated rings. The number of carbonyl (C=O) groups excluding carboxylic acids is 2. The van der Waals surface area contributed by atoms with Gasteiger partial charge in [0.25, 0.3) is 0 Å². The number of anilines is 2. The Morgan fingerprint density at radius 3 is 2.56 bits per heavy atom. The summed E-state index contributed by atoms with van der Waals surface area (Å²) in [4.78, 5) is 28.8. The third-order valence-electron chi connectivity index (χ3n) is 4.03. The van der Waals surface area contributed by atoms with E-state index >= 15 is 0 Å². The lowest BCUT2D eigenvalue weighted by molar-refractivity contribution is -0.115. The van der Waals surface area contributed by atoms with E-state index in [1.165, 1.54) is 11.8 Å². The van der Waals surface area contributed by atoms with Crippen LogP contribution in [0.5, 0.6) is 0 Å². The molecule has 27 heavy (non-hydrogen) atoms. The Morgan fingerprint density at radius 1 is 1.04 bits per heavy atom. The van der Waals surface area contributed by atoms with Crippen LogP contribution in [0.2, 0.25) is 0 Å². The lowest BCUT2D eigenvalue weighted by atomic mass is 10.2. The van der Waals surface area contributed by atoms with Crippen LogP contribution in [0, 0.1) is 6.92 Å². The number of rotatable bonds is 6. The van der Waals surface area contributed by atoms with Crippen LogP contribution >= 0.6 is 11.8 Å². The van der Waals surface area contributed by atoms with E-state index in [4.69, 9.17) is 0 Å². The number of carbonyl (C=O) groups is 2. The second-order valence-corrected chi connectivity index (χ2v) is 7.60. The highest BCUT2D eigenvalue weighted by Crippen LogP contribution is 2.18. The van der Waals surface area contributed by atoms with Crippen molar-refractivity contribution in [2.24, 2.45) is 0 Å². The number of amides is 2. The number of nitrogens with zero attached hydrogens (tertiary/aromatic N) is 1. The van der Waals surface area contributed by atoms with Crippen LogP contribution in [-0.2, 0) is 9.59 Å². The van der Waals surface area contributed by atoms with Gasteiger partial charge in [0, 0.05) is 11.1 Å². The van der Waals surface area contributed by atoms with Crippen molar-refractivity contribution in [3.05, 3.63) is 66.4 Å². The molecule has 6 heteroatoms. The van der Waals surface area contributed by atoms with E-state index in [2.05, 4.69) is 15.6 Å². The highest BCUT2D eigenvalue weighted by Gasteiger charge is 2.16. The van der Waals surface area contributed by atoms with Gasteiger partial charge in [-0.2, -0.15) is 0 Å². The Hall–Kier alpha value is -2.86. The standard InChI is InChI=1S/C21H21N3O2S/c1-14-7-9-17(10-8-14)23-20(25)13-27-15(2)21(26)24-18-11-16-5-3-4-6-19(16)22-12-18/h3-12,15H,13H2,1-2H3,(H,23,25)(H,24,26)/t15-/m1/s1. The van der Waals surface area contributed by atoms with E-state index in [0.29, 0.717) is 5.69 Å². The molecule has 0 radical (unpaired) electrons. The molecule has 2 amide bonds. The predicted molar refractivity (Wildman–Crippen MR) is 112 cm³/mol. The molecule has 138 valence electrons. The summed E-state index contributed by atoms with van der Waals surface area (Å²) >= 11 is 1.29. The van der Waals surface area contributed by atoms with Crippen LogP contribution in [0.25, 0.3) is 10.9 Å². The van der Waals surface area contributed by atoms with Crippen LogP contribution in [0.1, 0.15) is 12.5 Å². The minimum Gasteiger partial charge on any atom is -0.325 e. The fourth-order valence-corrected chi connectivity index (χ4v) is 3.18. The number of aryl methyl sites for hydroxylation is 1. The van der Waals surface area contributed by atoms with Gasteiger partial charge >= 0.3 is 0 Å². The summed E-state index contributed by atoms with van der Waals surface area (Å²) in [7, 11) is 0. The smallest absolute Gasteiger partial charge is 0.237 e. The monoisotopic (exact) mass is 379 g/mol. The van der Waals surface area contributed by atoms with Gasteiger partial charge < -0.3 is 10.6 Å². The Labute approximate surface area is 162 Å². The van der Waals surface area contributed by atoms with Crippen molar-refractivity contribution < 1.29 is 9.59 Å². The number of benzene rings is 2. The molecule has 0 unspecified atom stereocenters. The molecule has 0 aliphatic heterocycles. The van der Waals surface area contributed by atoms with Crippen LogP contribution in [-0.4, -0.2) is 27.8 Å². The van der Waals surface area contributed by atoms with Gasteiger partial charge in [0.1, 0.15) is 0 Å². The molecule has 3 rings (SSSR count). The highest BCUT2D eigenvalue weighted by molar-refractivity contribution is 8.01. The maximum Gasteiger partial charge on any atom is 0.237 e. The summed E-state index contributed by atoms with van der Waals surface area (Å²) in [5, 5.41) is 6.30. The molecule has 0 saturated carbocycles. The Balaban J connectivity index is 1.50. The summed E-state index contributed by atoms with van der Waals surface area (Å²) in [5.74, 6) is -0.0746. The van der Waals surface area contributed by atoms with Crippen molar-refractivity contribution in [3.63, 3.8) is 0 Å². The molecule has 1 heterocycles. The van der Waals surface area contributed by atoms with Crippen LogP contribution < -0.4 is 10.6 Å². The number of nitrogens with one attached hydrogen (secondary N) is 2. The third kappa shape index (κ3) is 5.31. The molecule has 5 nitrogen and oxygen atoms in total. The van der Waals surface area contributed by atoms with Crippen LogP contribution in [0.4, 0.5) is 11.4 Å². The zero-order chi connectivity index (χ0) is 19.2. The number of hydrogen-bond donors (Lipinski definition) is 2. The van der Waals surface area contributed by atoms with Gasteiger partial charge in [0.05, 0.1) is 28.4 Å². The predicted octanol–water partition coefficient (Wildman–Crippen LogP) is 4.24. The largest absolute Gasteiger partial charge is 0.325 e. The summed E-state index contributed by atoms with van der Waals surface area (Å²) in [6.45, 7) is 3.78. The number of fused-ring (bicyclic) bond motifs is 1. The van der Waals surface area contributed by atoms with Crippen molar-refractivity contribution >= 4 is 45.9 Å². The van der Waals surface area contributed by atoms with E-state index in [9.17, 15) is 9.59 Å². The van der Waals surface area contributed by atoms with Crippen molar-refractivity contribution in [2.75, 3.05) is 16.4 Å². The molecule has 3 aromatic rings. The van der Waals surface area contributed by atoms with Gasteiger partial charge in [-0.15, -0.1) is 11.8 Å². The normalized spacial score (nSPS) is 11.8. The topological polar surface area (TPSA) is 71.1 Å². The summed E-state index contributed by atoms with van der Waals surface area (Å²) in [5.41, 5.74) is 3.42. The maximum atomic E-state index is 12.4. The second-order valence-electron chi connectivity index (χ2n) is 6.27. The number of aromatic nitrogens is 1. The molecule has 1 aromatic heterocycles. The van der Waals surface area contributed by atoms with E-state index in [1.54, 1.807) is 13.1 Å². The Bertz CT molecular complexity index is 957. The first-order valence-electron chi connectivity index (χ1n) is 8.65.